The maximum atomic E-state index is 8.94. The molecule has 0 unspecified atom stereocenters. The second-order valence-electron chi connectivity index (χ2n) is 4.86. The molecule has 2 N–H and O–H groups in total. The Labute approximate surface area is 114 Å². The van der Waals surface area contributed by atoms with E-state index in [4.69, 9.17) is 27.3 Å². The number of para-hydroxylation sites is 1. The van der Waals surface area contributed by atoms with E-state index in [0.29, 0.717) is 30.3 Å². The first kappa shape index (κ1) is 14.8. The molecule has 4 heteroatoms. The molecule has 0 heterocycles. The van der Waals surface area contributed by atoms with E-state index in [2.05, 4.69) is 6.07 Å². The third kappa shape index (κ3) is 4.21. The van der Waals surface area contributed by atoms with Crippen LogP contribution in [0.15, 0.2) is 18.2 Å². The number of nitriles is 1. The van der Waals surface area contributed by atoms with Crippen LogP contribution in [0.2, 0.25) is 5.02 Å². The van der Waals surface area contributed by atoms with Crippen LogP contribution in [-0.2, 0) is 6.42 Å². The summed E-state index contributed by atoms with van der Waals surface area (Å²) in [4.78, 5) is 0. The summed E-state index contributed by atoms with van der Waals surface area (Å²) in [5, 5.41) is 9.53. The number of hydrogen-bond donors (Lipinski definition) is 1. The van der Waals surface area contributed by atoms with Crippen LogP contribution in [0.1, 0.15) is 25.8 Å². The molecule has 18 heavy (non-hydrogen) atoms. The number of hydrogen-bond acceptors (Lipinski definition) is 3. The number of nitrogens with zero attached hydrogens (tertiary/aromatic N) is 1. The quantitative estimate of drug-likeness (QED) is 0.860. The molecule has 0 saturated carbocycles. The largest absolute Gasteiger partial charge is 0.492 e. The molecule has 0 bridgehead atoms. The van der Waals surface area contributed by atoms with E-state index in [0.717, 1.165) is 12.0 Å². The van der Waals surface area contributed by atoms with Gasteiger partial charge in [-0.1, -0.05) is 23.7 Å². The second kappa shape index (κ2) is 6.63. The Kier molecular flexibility index (Phi) is 5.46. The van der Waals surface area contributed by atoms with Gasteiger partial charge in [-0.25, -0.2) is 0 Å². The van der Waals surface area contributed by atoms with Crippen molar-refractivity contribution >= 4 is 11.6 Å². The predicted octanol–water partition coefficient (Wildman–Crippen LogP) is 3.16. The van der Waals surface area contributed by atoms with Gasteiger partial charge in [0.05, 0.1) is 23.1 Å². The van der Waals surface area contributed by atoms with Crippen molar-refractivity contribution in [3.05, 3.63) is 28.8 Å². The van der Waals surface area contributed by atoms with Gasteiger partial charge in [-0.05, 0) is 44.9 Å². The highest BCUT2D eigenvalue weighted by molar-refractivity contribution is 6.32. The van der Waals surface area contributed by atoms with Crippen molar-refractivity contribution in [3.8, 4) is 11.8 Å². The summed E-state index contributed by atoms with van der Waals surface area (Å²) in [5.41, 5.74) is 6.19. The molecule has 0 radical (unpaired) electrons. The summed E-state index contributed by atoms with van der Waals surface area (Å²) in [5.74, 6) is 0.693. The third-order valence-electron chi connectivity index (χ3n) is 2.74. The normalized spacial score (nSPS) is 11.1. The number of halogens is 1. The molecule has 0 aliphatic heterocycles. The fourth-order valence-electron chi connectivity index (χ4n) is 1.53. The first-order valence-corrected chi connectivity index (χ1v) is 6.39. The first-order valence-electron chi connectivity index (χ1n) is 6.01. The predicted molar refractivity (Wildman–Crippen MR) is 73.7 cm³/mol. The summed E-state index contributed by atoms with van der Waals surface area (Å²) in [7, 11) is 0. The van der Waals surface area contributed by atoms with Crippen molar-refractivity contribution in [2.45, 2.75) is 26.7 Å². The van der Waals surface area contributed by atoms with Crippen molar-refractivity contribution in [1.29, 1.82) is 5.26 Å². The van der Waals surface area contributed by atoms with Crippen molar-refractivity contribution in [3.63, 3.8) is 0 Å². The van der Waals surface area contributed by atoms with Gasteiger partial charge >= 0.3 is 0 Å². The Bertz CT molecular complexity index is 438. The van der Waals surface area contributed by atoms with Gasteiger partial charge in [0.2, 0.25) is 0 Å². The van der Waals surface area contributed by atoms with Crippen LogP contribution in [0.25, 0.3) is 0 Å². The highest BCUT2D eigenvalue weighted by atomic mass is 35.5. The van der Waals surface area contributed by atoms with Gasteiger partial charge in [0.15, 0.2) is 0 Å². The molecule has 0 aromatic heterocycles. The summed E-state index contributed by atoms with van der Waals surface area (Å²) in [6.07, 6.45) is 1.40. The number of nitrogens with two attached hydrogens (primary N) is 1. The zero-order valence-corrected chi connectivity index (χ0v) is 11.6. The van der Waals surface area contributed by atoms with Crippen LogP contribution in [0.5, 0.6) is 5.75 Å². The van der Waals surface area contributed by atoms with Gasteiger partial charge in [-0.15, -0.1) is 0 Å². The summed E-state index contributed by atoms with van der Waals surface area (Å²) in [6.45, 7) is 4.82. The Morgan fingerprint density at radius 2 is 2.17 bits per heavy atom. The van der Waals surface area contributed by atoms with Gasteiger partial charge in [0.25, 0.3) is 0 Å². The monoisotopic (exact) mass is 266 g/mol. The van der Waals surface area contributed by atoms with Crippen molar-refractivity contribution in [1.82, 2.24) is 0 Å². The van der Waals surface area contributed by atoms with Crippen LogP contribution in [-0.4, -0.2) is 13.2 Å². The maximum absolute atomic E-state index is 8.94. The molecule has 0 saturated heterocycles. The standard InChI is InChI=1S/C14H19ClN2O/c1-14(2,10-17)7-9-18-13-11(6-8-16)4-3-5-12(13)15/h3-5H,6-9,16H2,1-2H3. The van der Waals surface area contributed by atoms with Crippen LogP contribution in [0, 0.1) is 16.7 Å². The lowest BCUT2D eigenvalue weighted by Crippen LogP contribution is -2.14. The van der Waals surface area contributed by atoms with Gasteiger partial charge in [-0.3, -0.25) is 0 Å². The van der Waals surface area contributed by atoms with E-state index in [9.17, 15) is 0 Å². The smallest absolute Gasteiger partial charge is 0.141 e. The molecule has 98 valence electrons. The molecule has 1 rings (SSSR count). The lowest BCUT2D eigenvalue weighted by atomic mass is 9.92. The molecule has 3 nitrogen and oxygen atoms in total. The maximum Gasteiger partial charge on any atom is 0.141 e. The Morgan fingerprint density at radius 3 is 2.78 bits per heavy atom. The molecule has 1 aromatic carbocycles. The zero-order chi connectivity index (χ0) is 13.6. The summed E-state index contributed by atoms with van der Waals surface area (Å²) in [6, 6.07) is 7.90. The second-order valence-corrected chi connectivity index (χ2v) is 5.27. The fraction of sp³-hybridized carbons (Fsp3) is 0.500. The molecule has 0 aliphatic carbocycles. The summed E-state index contributed by atoms with van der Waals surface area (Å²) >= 11 is 6.12. The third-order valence-corrected chi connectivity index (χ3v) is 3.04. The summed E-state index contributed by atoms with van der Waals surface area (Å²) < 4.78 is 5.72. The van der Waals surface area contributed by atoms with Gasteiger partial charge in [-0.2, -0.15) is 5.26 Å². The molecule has 0 aliphatic rings. The average Bonchev–Trinajstić information content (AvgIpc) is 2.33. The SMILES string of the molecule is CC(C)(C#N)CCOc1c(Cl)cccc1CCN. The lowest BCUT2D eigenvalue weighted by Gasteiger charge is -2.17. The minimum Gasteiger partial charge on any atom is -0.492 e. The van der Waals surface area contributed by atoms with Crippen LogP contribution < -0.4 is 10.5 Å². The van der Waals surface area contributed by atoms with E-state index in [-0.39, 0.29) is 5.41 Å². The molecule has 0 spiro atoms. The zero-order valence-electron chi connectivity index (χ0n) is 10.9. The van der Waals surface area contributed by atoms with Gasteiger partial charge < -0.3 is 10.5 Å². The minimum absolute atomic E-state index is 0.380. The molecule has 1 aromatic rings. The van der Waals surface area contributed by atoms with E-state index in [1.807, 2.05) is 26.0 Å². The topological polar surface area (TPSA) is 59.0 Å². The van der Waals surface area contributed by atoms with Crippen molar-refractivity contribution in [2.75, 3.05) is 13.2 Å². The molecule has 0 fully saturated rings. The van der Waals surface area contributed by atoms with Gasteiger partial charge in [0, 0.05) is 0 Å². The van der Waals surface area contributed by atoms with Crippen LogP contribution in [0.3, 0.4) is 0 Å². The molecular formula is C14H19ClN2O. The average molecular weight is 267 g/mol. The number of rotatable bonds is 6. The molecule has 0 amide bonds. The number of benzene rings is 1. The highest BCUT2D eigenvalue weighted by Crippen LogP contribution is 2.30. The fourth-order valence-corrected chi connectivity index (χ4v) is 1.78. The van der Waals surface area contributed by atoms with E-state index >= 15 is 0 Å². The van der Waals surface area contributed by atoms with E-state index in [1.54, 1.807) is 6.07 Å². The first-order chi connectivity index (χ1) is 8.50. The minimum atomic E-state index is -0.380. The van der Waals surface area contributed by atoms with Crippen molar-refractivity contribution < 1.29 is 4.74 Å². The van der Waals surface area contributed by atoms with E-state index in [1.165, 1.54) is 0 Å². The molecule has 0 atom stereocenters. The van der Waals surface area contributed by atoms with Crippen LogP contribution >= 0.6 is 11.6 Å². The lowest BCUT2D eigenvalue weighted by molar-refractivity contribution is 0.262. The van der Waals surface area contributed by atoms with Crippen LogP contribution in [0.4, 0.5) is 0 Å². The Balaban J connectivity index is 2.70. The highest BCUT2D eigenvalue weighted by Gasteiger charge is 2.17. The van der Waals surface area contributed by atoms with Gasteiger partial charge in [0.1, 0.15) is 5.75 Å². The van der Waals surface area contributed by atoms with Crippen molar-refractivity contribution in [2.24, 2.45) is 11.1 Å². The Morgan fingerprint density at radius 1 is 1.44 bits per heavy atom. The number of ether oxygens (including phenoxy) is 1. The van der Waals surface area contributed by atoms with E-state index < -0.39 is 0 Å². The Hall–Kier alpha value is -1.24. The molecular weight excluding hydrogens is 248 g/mol.